The smallest absolute Gasteiger partial charge is 0.338 e. The molecule has 2 saturated heterocycles. The van der Waals surface area contributed by atoms with Crippen LogP contribution < -0.4 is 14.8 Å². The average Bonchev–Trinajstić information content (AvgIpc) is 3.60. The number of nitrogens with one attached hydrogen (secondary N) is 1. The van der Waals surface area contributed by atoms with Crippen molar-refractivity contribution in [3.05, 3.63) is 53.9 Å². The quantitative estimate of drug-likeness (QED) is 0.215. The number of methoxy groups -OCH3 is 1. The van der Waals surface area contributed by atoms with Gasteiger partial charge in [0.15, 0.2) is 35.4 Å². The van der Waals surface area contributed by atoms with Gasteiger partial charge in [0.2, 0.25) is 6.79 Å². The van der Waals surface area contributed by atoms with Crippen molar-refractivity contribution in [2.24, 2.45) is 11.8 Å². The summed E-state index contributed by atoms with van der Waals surface area (Å²) in [5, 5.41) is 2.47. The second-order valence-corrected chi connectivity index (χ2v) is 11.1. The predicted molar refractivity (Wildman–Crippen MR) is 157 cm³/mol. The Balaban J connectivity index is 1.52. The predicted octanol–water partition coefficient (Wildman–Crippen LogP) is 2.16. The molecule has 1 N–H and O–H groups in total. The number of aromatic nitrogens is 1. The molecule has 4 rings (SSSR count). The fraction of sp³-hybridized carbons (Fsp3) is 0.500. The summed E-state index contributed by atoms with van der Waals surface area (Å²) < 4.78 is 38.1. The van der Waals surface area contributed by atoms with Crippen LogP contribution in [-0.2, 0) is 49.3 Å². The molecule has 14 heteroatoms. The Morgan fingerprint density at radius 2 is 1.85 bits per heavy atom. The van der Waals surface area contributed by atoms with Crippen LogP contribution in [-0.4, -0.2) is 86.2 Å². The van der Waals surface area contributed by atoms with Gasteiger partial charge in [-0.2, -0.15) is 0 Å². The number of amides is 1. The third-order valence-electron chi connectivity index (χ3n) is 7.37. The molecule has 2 fully saturated rings. The van der Waals surface area contributed by atoms with E-state index in [1.54, 1.807) is 26.0 Å². The van der Waals surface area contributed by atoms with Crippen LogP contribution >= 0.6 is 0 Å². The zero-order chi connectivity index (χ0) is 33.2. The molecule has 3 heterocycles. The molecule has 0 radical (unpaired) electrons. The Morgan fingerprint density at radius 1 is 1.09 bits per heavy atom. The van der Waals surface area contributed by atoms with Crippen molar-refractivity contribution in [1.29, 1.82) is 0 Å². The van der Waals surface area contributed by atoms with Crippen LogP contribution in [0.1, 0.15) is 49.7 Å². The number of hydrogen-bond donors (Lipinski definition) is 1. The van der Waals surface area contributed by atoms with Crippen LogP contribution in [0.3, 0.4) is 0 Å². The van der Waals surface area contributed by atoms with Crippen LogP contribution in [0.5, 0.6) is 11.5 Å². The largest absolute Gasteiger partial charge is 0.493 e. The van der Waals surface area contributed by atoms with Gasteiger partial charge in [0.05, 0.1) is 13.0 Å². The van der Waals surface area contributed by atoms with Crippen molar-refractivity contribution in [1.82, 2.24) is 10.3 Å². The number of carbonyl (C=O) groups excluding carboxylic acids is 5. The van der Waals surface area contributed by atoms with Crippen LogP contribution in [0.2, 0.25) is 0 Å². The normalized spacial score (nSPS) is 23.2. The van der Waals surface area contributed by atoms with E-state index in [2.05, 4.69) is 10.3 Å². The van der Waals surface area contributed by atoms with Crippen LogP contribution in [0, 0.1) is 11.8 Å². The minimum atomic E-state index is -1.46. The lowest BCUT2D eigenvalue weighted by atomic mass is 9.91. The molecule has 0 spiro atoms. The Labute approximate surface area is 266 Å². The van der Waals surface area contributed by atoms with Gasteiger partial charge in [0.1, 0.15) is 18.6 Å². The molecular weight excluding hydrogens is 604 g/mol. The lowest BCUT2D eigenvalue weighted by Crippen LogP contribution is -2.47. The third-order valence-corrected chi connectivity index (χ3v) is 7.37. The number of pyridine rings is 1. The fourth-order valence-electron chi connectivity index (χ4n) is 4.87. The summed E-state index contributed by atoms with van der Waals surface area (Å²) in [6, 6.07) is 9.02. The highest BCUT2D eigenvalue weighted by Gasteiger charge is 2.42. The van der Waals surface area contributed by atoms with Crippen LogP contribution in [0.25, 0.3) is 0 Å². The molecule has 1 aromatic carbocycles. The van der Waals surface area contributed by atoms with Crippen molar-refractivity contribution in [2.75, 3.05) is 27.1 Å². The van der Waals surface area contributed by atoms with Crippen molar-refractivity contribution < 1.29 is 57.1 Å². The van der Waals surface area contributed by atoms with E-state index in [1.165, 1.54) is 26.3 Å². The Kier molecular flexibility index (Phi) is 11.9. The molecule has 14 nitrogen and oxygen atoms in total. The first-order chi connectivity index (χ1) is 22.1. The first kappa shape index (κ1) is 34.2. The second kappa shape index (κ2) is 16.0. The Hall–Kier alpha value is -4.72. The summed E-state index contributed by atoms with van der Waals surface area (Å²) in [7, 11) is 1.34. The van der Waals surface area contributed by atoms with Crippen LogP contribution in [0.15, 0.2) is 42.6 Å². The molecule has 0 saturated carbocycles. The number of carbonyl (C=O) groups is 5. The lowest BCUT2D eigenvalue weighted by molar-refractivity contribution is -0.176. The highest BCUT2D eigenvalue weighted by atomic mass is 16.7. The zero-order valence-corrected chi connectivity index (χ0v) is 26.1. The highest BCUT2D eigenvalue weighted by molar-refractivity contribution is 5.98. The first-order valence-electron chi connectivity index (χ1n) is 15.0. The molecule has 2 aliphatic rings. The van der Waals surface area contributed by atoms with Gasteiger partial charge in [-0.25, -0.2) is 14.6 Å². The zero-order valence-electron chi connectivity index (χ0n) is 26.1. The third kappa shape index (κ3) is 8.71. The lowest BCUT2D eigenvalue weighted by Gasteiger charge is -2.29. The standard InChI is InChI=1S/C32H38N2O12/c1-18(2)29(36)46-26-19(3)45-31(38)22(16-42-30(37)21(26)15-20-9-6-5-7-10-20)34-28(35)25-27(23(40-4)12-13-33-25)43-17-44-32(39)24-11-8-14-41-24/h5-7,9-10,12-13,18-19,21-22,24,26H,8,11,14-17H2,1-4H3,(H,34,35)/t19-,21+,22-,24?,26-/m0/s1. The van der Waals surface area contributed by atoms with E-state index >= 15 is 0 Å². The minimum absolute atomic E-state index is 0.101. The maximum absolute atomic E-state index is 13.5. The molecular formula is C32H38N2O12. The van der Waals surface area contributed by atoms with Crippen LogP contribution in [0.4, 0.5) is 0 Å². The summed E-state index contributed by atoms with van der Waals surface area (Å²) in [5.74, 6) is -5.35. The van der Waals surface area contributed by atoms with Gasteiger partial charge in [-0.05, 0) is 31.7 Å². The Morgan fingerprint density at radius 3 is 2.52 bits per heavy atom. The number of nitrogens with zero attached hydrogens (tertiary/aromatic N) is 1. The average molecular weight is 643 g/mol. The molecule has 1 unspecified atom stereocenters. The molecule has 1 aromatic heterocycles. The maximum atomic E-state index is 13.5. The fourth-order valence-corrected chi connectivity index (χ4v) is 4.87. The number of hydrogen-bond acceptors (Lipinski definition) is 13. The van der Waals surface area contributed by atoms with Gasteiger partial charge in [-0.3, -0.25) is 14.4 Å². The number of cyclic esters (lactones) is 2. The SMILES string of the molecule is COc1ccnc(C(=O)N[C@H]2COC(=O)[C@H](Cc3ccccc3)[C@@H](OC(=O)C(C)C)[C@H](C)OC2=O)c1OCOC(=O)C1CCCO1. The molecule has 1 amide bonds. The number of benzene rings is 1. The molecule has 46 heavy (non-hydrogen) atoms. The van der Waals surface area contributed by atoms with Crippen molar-refractivity contribution in [3.8, 4) is 11.5 Å². The first-order valence-corrected chi connectivity index (χ1v) is 15.0. The van der Waals surface area contributed by atoms with Gasteiger partial charge in [0, 0.05) is 18.9 Å². The molecule has 5 atom stereocenters. The summed E-state index contributed by atoms with van der Waals surface area (Å²) >= 11 is 0. The Bertz CT molecular complexity index is 1390. The van der Waals surface area contributed by atoms with Gasteiger partial charge >= 0.3 is 23.9 Å². The molecule has 0 bridgehead atoms. The molecule has 2 aromatic rings. The highest BCUT2D eigenvalue weighted by Crippen LogP contribution is 2.30. The molecule has 0 aliphatic carbocycles. The summed E-state index contributed by atoms with van der Waals surface area (Å²) in [4.78, 5) is 69.1. The summed E-state index contributed by atoms with van der Waals surface area (Å²) in [6.45, 7) is 4.09. The second-order valence-electron chi connectivity index (χ2n) is 11.1. The van der Waals surface area contributed by atoms with E-state index in [-0.39, 0.29) is 23.6 Å². The number of ether oxygens (including phenoxy) is 7. The monoisotopic (exact) mass is 642 g/mol. The maximum Gasteiger partial charge on any atom is 0.338 e. The van der Waals surface area contributed by atoms with Crippen molar-refractivity contribution >= 4 is 29.8 Å². The number of esters is 4. The van der Waals surface area contributed by atoms with Gasteiger partial charge in [-0.1, -0.05) is 44.2 Å². The van der Waals surface area contributed by atoms with Gasteiger partial charge in [0.25, 0.3) is 5.91 Å². The topological polar surface area (TPSA) is 175 Å². The van der Waals surface area contributed by atoms with Crippen molar-refractivity contribution in [2.45, 2.75) is 64.4 Å². The van der Waals surface area contributed by atoms with E-state index in [1.807, 2.05) is 18.2 Å². The minimum Gasteiger partial charge on any atom is -0.493 e. The van der Waals surface area contributed by atoms with E-state index < -0.39 is 79.4 Å². The molecule has 2 aliphatic heterocycles. The molecule has 248 valence electrons. The van der Waals surface area contributed by atoms with E-state index in [9.17, 15) is 24.0 Å². The number of rotatable bonds is 11. The van der Waals surface area contributed by atoms with E-state index in [4.69, 9.17) is 33.2 Å². The van der Waals surface area contributed by atoms with Crippen molar-refractivity contribution in [3.63, 3.8) is 0 Å². The summed E-state index contributed by atoms with van der Waals surface area (Å²) in [6.07, 6.45) is -0.263. The summed E-state index contributed by atoms with van der Waals surface area (Å²) in [5.41, 5.74) is 0.473. The van der Waals surface area contributed by atoms with E-state index in [0.29, 0.717) is 13.0 Å². The van der Waals surface area contributed by atoms with Gasteiger partial charge in [-0.15, -0.1) is 0 Å². The van der Waals surface area contributed by atoms with E-state index in [0.717, 1.165) is 12.0 Å². The van der Waals surface area contributed by atoms with Gasteiger partial charge < -0.3 is 38.5 Å².